The second-order valence-electron chi connectivity index (χ2n) is 7.91. The van der Waals surface area contributed by atoms with Gasteiger partial charge < -0.3 is 9.15 Å². The Labute approximate surface area is 190 Å². The number of nitrogens with zero attached hydrogens (tertiary/aromatic N) is 1. The zero-order chi connectivity index (χ0) is 22.8. The zero-order valence-corrected chi connectivity index (χ0v) is 18.1. The highest BCUT2D eigenvalue weighted by Crippen LogP contribution is 2.39. The molecule has 1 aliphatic heterocycles. The summed E-state index contributed by atoms with van der Waals surface area (Å²) in [5, 5.41) is 3.19. The number of hydrogen-bond acceptors (Lipinski definition) is 5. The average molecular weight is 438 g/mol. The minimum absolute atomic E-state index is 0.243. The molecule has 2 amide bonds. The van der Waals surface area contributed by atoms with Crippen LogP contribution in [0.3, 0.4) is 0 Å². The van der Waals surface area contributed by atoms with E-state index in [0.29, 0.717) is 29.9 Å². The van der Waals surface area contributed by atoms with E-state index in [9.17, 15) is 9.59 Å². The Hall–Kier alpha value is -4.19. The fourth-order valence-corrected chi connectivity index (χ4v) is 4.18. The summed E-state index contributed by atoms with van der Waals surface area (Å²) >= 11 is 0. The number of carbonyl (C=O) groups is 2. The maximum absolute atomic E-state index is 12.4. The van der Waals surface area contributed by atoms with Crippen LogP contribution in [0.5, 0.6) is 5.75 Å². The van der Waals surface area contributed by atoms with Gasteiger partial charge in [0.1, 0.15) is 17.0 Å². The van der Waals surface area contributed by atoms with Gasteiger partial charge in [0, 0.05) is 34.6 Å². The minimum Gasteiger partial charge on any atom is -0.494 e. The summed E-state index contributed by atoms with van der Waals surface area (Å²) in [5.41, 5.74) is 4.75. The predicted octanol–water partition coefficient (Wildman–Crippen LogP) is 5.13. The van der Waals surface area contributed by atoms with Crippen LogP contribution in [0.15, 0.2) is 88.5 Å². The Morgan fingerprint density at radius 1 is 1.00 bits per heavy atom. The molecule has 0 radical (unpaired) electrons. The number of fused-ring (bicyclic) bond motifs is 1. The molecule has 5 rings (SSSR count). The van der Waals surface area contributed by atoms with Crippen molar-refractivity contribution >= 4 is 34.2 Å². The molecule has 2 heterocycles. The lowest BCUT2D eigenvalue weighted by molar-refractivity contribution is -0.134. The second-order valence-corrected chi connectivity index (χ2v) is 7.91. The lowest BCUT2D eigenvalue weighted by Crippen LogP contribution is -2.39. The molecule has 1 aromatic heterocycles. The standard InChI is InChI=1S/C27H22N2O4/c1-32-24-14-20-21(19-12-13-25(30)29-27(19)31)16-33-23(20)15-22(24)28-26(17-8-4-2-5-9-17)18-10-6-3-7-11-18/h2-11,14-16,19H,12-13H2,1H3,(H,29,30,31). The van der Waals surface area contributed by atoms with E-state index in [4.69, 9.17) is 14.1 Å². The number of carbonyl (C=O) groups excluding carboxylic acids is 2. The van der Waals surface area contributed by atoms with Crippen LogP contribution in [0.4, 0.5) is 5.69 Å². The summed E-state index contributed by atoms with van der Waals surface area (Å²) in [4.78, 5) is 28.9. The van der Waals surface area contributed by atoms with E-state index in [1.54, 1.807) is 13.4 Å². The predicted molar refractivity (Wildman–Crippen MR) is 126 cm³/mol. The molecule has 0 saturated carbocycles. The molecule has 164 valence electrons. The first kappa shape index (κ1) is 20.7. The topological polar surface area (TPSA) is 80.9 Å². The molecule has 1 atom stereocenters. The molecule has 1 saturated heterocycles. The van der Waals surface area contributed by atoms with Crippen LogP contribution in [-0.2, 0) is 9.59 Å². The minimum atomic E-state index is -0.438. The van der Waals surface area contributed by atoms with E-state index in [2.05, 4.69) is 5.32 Å². The van der Waals surface area contributed by atoms with Gasteiger partial charge in [-0.05, 0) is 12.5 Å². The first-order valence-electron chi connectivity index (χ1n) is 10.8. The number of ether oxygens (including phenoxy) is 1. The Bertz CT molecular complexity index is 1320. The highest BCUT2D eigenvalue weighted by atomic mass is 16.5. The Kier molecular flexibility index (Phi) is 5.48. The zero-order valence-electron chi connectivity index (χ0n) is 18.1. The van der Waals surface area contributed by atoms with E-state index < -0.39 is 5.92 Å². The van der Waals surface area contributed by atoms with Crippen molar-refractivity contribution in [1.29, 1.82) is 0 Å². The monoisotopic (exact) mass is 438 g/mol. The third kappa shape index (κ3) is 4.03. The molecule has 0 spiro atoms. The van der Waals surface area contributed by atoms with E-state index in [1.807, 2.05) is 72.8 Å². The number of methoxy groups -OCH3 is 1. The number of amides is 2. The van der Waals surface area contributed by atoms with Gasteiger partial charge >= 0.3 is 0 Å². The lowest BCUT2D eigenvalue weighted by Gasteiger charge is -2.20. The largest absolute Gasteiger partial charge is 0.494 e. The maximum Gasteiger partial charge on any atom is 0.234 e. The molecular formula is C27H22N2O4. The molecule has 1 N–H and O–H groups in total. The van der Waals surface area contributed by atoms with Gasteiger partial charge in [-0.25, -0.2) is 4.99 Å². The van der Waals surface area contributed by atoms with Gasteiger partial charge in [0.25, 0.3) is 0 Å². The normalized spacial score (nSPS) is 15.8. The van der Waals surface area contributed by atoms with Crippen molar-refractivity contribution in [2.75, 3.05) is 7.11 Å². The molecule has 1 unspecified atom stereocenters. The number of imide groups is 1. The molecule has 1 aliphatic rings. The smallest absolute Gasteiger partial charge is 0.234 e. The number of piperidine rings is 1. The van der Waals surface area contributed by atoms with Crippen LogP contribution in [-0.4, -0.2) is 24.6 Å². The Balaban J connectivity index is 1.63. The highest BCUT2D eigenvalue weighted by Gasteiger charge is 2.30. The summed E-state index contributed by atoms with van der Waals surface area (Å²) in [6.07, 6.45) is 2.35. The van der Waals surface area contributed by atoms with Gasteiger partial charge in [-0.1, -0.05) is 60.7 Å². The Morgan fingerprint density at radius 2 is 1.67 bits per heavy atom. The summed E-state index contributed by atoms with van der Waals surface area (Å²) in [5.74, 6) is -0.410. The summed E-state index contributed by atoms with van der Waals surface area (Å²) < 4.78 is 11.5. The number of rotatable bonds is 5. The third-order valence-corrected chi connectivity index (χ3v) is 5.85. The fourth-order valence-electron chi connectivity index (χ4n) is 4.18. The molecule has 1 fully saturated rings. The van der Waals surface area contributed by atoms with Crippen LogP contribution in [0, 0.1) is 0 Å². The first-order valence-corrected chi connectivity index (χ1v) is 10.8. The Morgan fingerprint density at radius 3 is 2.27 bits per heavy atom. The fraction of sp³-hybridized carbons (Fsp3) is 0.148. The van der Waals surface area contributed by atoms with Crippen LogP contribution < -0.4 is 10.1 Å². The lowest BCUT2D eigenvalue weighted by atomic mass is 9.90. The van der Waals surface area contributed by atoms with Gasteiger partial charge in [-0.15, -0.1) is 0 Å². The number of nitrogens with one attached hydrogen (secondary N) is 1. The molecule has 0 aliphatic carbocycles. The van der Waals surface area contributed by atoms with Crippen LogP contribution in [0.25, 0.3) is 11.0 Å². The quantitative estimate of drug-likeness (QED) is 0.346. The van der Waals surface area contributed by atoms with Gasteiger partial charge in [0.15, 0.2) is 0 Å². The van der Waals surface area contributed by atoms with Crippen molar-refractivity contribution < 1.29 is 18.7 Å². The molecule has 33 heavy (non-hydrogen) atoms. The number of hydrogen-bond donors (Lipinski definition) is 1. The maximum atomic E-state index is 12.4. The number of furan rings is 1. The van der Waals surface area contributed by atoms with Gasteiger partial charge in [0.05, 0.1) is 25.0 Å². The van der Waals surface area contributed by atoms with Crippen LogP contribution in [0.1, 0.15) is 35.4 Å². The second kappa shape index (κ2) is 8.74. The number of benzene rings is 3. The van der Waals surface area contributed by atoms with Crippen molar-refractivity contribution in [3.63, 3.8) is 0 Å². The van der Waals surface area contributed by atoms with Crippen LogP contribution in [0.2, 0.25) is 0 Å². The van der Waals surface area contributed by atoms with Crippen molar-refractivity contribution in [3.05, 3.63) is 95.7 Å². The van der Waals surface area contributed by atoms with E-state index in [-0.39, 0.29) is 11.8 Å². The van der Waals surface area contributed by atoms with Crippen molar-refractivity contribution in [1.82, 2.24) is 5.32 Å². The van der Waals surface area contributed by atoms with Crippen molar-refractivity contribution in [2.24, 2.45) is 4.99 Å². The van der Waals surface area contributed by atoms with Gasteiger partial charge in [-0.3, -0.25) is 14.9 Å². The summed E-state index contributed by atoms with van der Waals surface area (Å²) in [6, 6.07) is 23.6. The van der Waals surface area contributed by atoms with Crippen molar-refractivity contribution in [2.45, 2.75) is 18.8 Å². The van der Waals surface area contributed by atoms with Crippen LogP contribution >= 0.6 is 0 Å². The highest BCUT2D eigenvalue weighted by molar-refractivity contribution is 6.14. The molecule has 4 aromatic rings. The molecule has 0 bridgehead atoms. The molecule has 3 aromatic carbocycles. The summed E-state index contributed by atoms with van der Waals surface area (Å²) in [6.45, 7) is 0. The van der Waals surface area contributed by atoms with Crippen molar-refractivity contribution in [3.8, 4) is 5.75 Å². The number of aliphatic imine (C=N–C) groups is 1. The SMILES string of the molecule is COc1cc2c(C3CCC(=O)NC3=O)coc2cc1N=C(c1ccccc1)c1ccccc1. The molecule has 6 heteroatoms. The molecular weight excluding hydrogens is 416 g/mol. The van der Waals surface area contributed by atoms with E-state index in [0.717, 1.165) is 27.8 Å². The first-order chi connectivity index (χ1) is 16.1. The average Bonchev–Trinajstić information content (AvgIpc) is 3.25. The third-order valence-electron chi connectivity index (χ3n) is 5.85. The molecule has 6 nitrogen and oxygen atoms in total. The van der Waals surface area contributed by atoms with E-state index >= 15 is 0 Å². The van der Waals surface area contributed by atoms with Gasteiger partial charge in [0.2, 0.25) is 11.8 Å². The van der Waals surface area contributed by atoms with Gasteiger partial charge in [-0.2, -0.15) is 0 Å². The summed E-state index contributed by atoms with van der Waals surface area (Å²) in [7, 11) is 1.59. The van der Waals surface area contributed by atoms with E-state index in [1.165, 1.54) is 0 Å².